The Balaban J connectivity index is 1.95. The Bertz CT molecular complexity index is 1530. The van der Waals surface area contributed by atoms with Crippen molar-refractivity contribution in [2.45, 2.75) is 19.9 Å². The second-order valence-electron chi connectivity index (χ2n) is 7.58. The Hall–Kier alpha value is -4.25. The van der Waals surface area contributed by atoms with Crippen LogP contribution in [0.1, 0.15) is 31.0 Å². The predicted molar refractivity (Wildman–Crippen MR) is 128 cm³/mol. The molecule has 35 heavy (non-hydrogen) atoms. The number of nitrogens with zero attached hydrogens (tertiary/aromatic N) is 3. The summed E-state index contributed by atoms with van der Waals surface area (Å²) < 4.78 is 12.1. The van der Waals surface area contributed by atoms with E-state index in [9.17, 15) is 24.8 Å². The van der Waals surface area contributed by atoms with E-state index in [1.165, 1.54) is 36.0 Å². The first-order valence-corrected chi connectivity index (χ1v) is 11.4. The van der Waals surface area contributed by atoms with Gasteiger partial charge in [-0.25, -0.2) is 9.79 Å². The van der Waals surface area contributed by atoms with E-state index in [4.69, 9.17) is 9.47 Å². The van der Waals surface area contributed by atoms with Crippen LogP contribution in [0.2, 0.25) is 0 Å². The molecule has 4 rings (SSSR count). The third kappa shape index (κ3) is 4.45. The first-order valence-electron chi connectivity index (χ1n) is 10.6. The van der Waals surface area contributed by atoms with Gasteiger partial charge in [-0.3, -0.25) is 19.5 Å². The number of ether oxygens (including phenoxy) is 2. The topological polar surface area (TPSA) is 133 Å². The van der Waals surface area contributed by atoms with Crippen LogP contribution in [-0.4, -0.2) is 34.3 Å². The molecule has 1 N–H and O–H groups in total. The van der Waals surface area contributed by atoms with Crippen LogP contribution in [0.3, 0.4) is 0 Å². The average Bonchev–Trinajstić information content (AvgIpc) is 3.14. The van der Waals surface area contributed by atoms with E-state index >= 15 is 0 Å². The fourth-order valence-electron chi connectivity index (χ4n) is 3.81. The zero-order chi connectivity index (χ0) is 25.3. The summed E-state index contributed by atoms with van der Waals surface area (Å²) in [6.45, 7) is 3.52. The van der Waals surface area contributed by atoms with Gasteiger partial charge in [0, 0.05) is 17.7 Å². The highest BCUT2D eigenvalue weighted by molar-refractivity contribution is 7.07. The molecule has 1 aliphatic heterocycles. The lowest BCUT2D eigenvalue weighted by Crippen LogP contribution is -2.39. The van der Waals surface area contributed by atoms with Gasteiger partial charge in [-0.05, 0) is 43.7 Å². The van der Waals surface area contributed by atoms with E-state index in [0.717, 1.165) is 11.3 Å². The fraction of sp³-hybridized carbons (Fsp3) is 0.208. The molecule has 0 radical (unpaired) electrons. The van der Waals surface area contributed by atoms with Crippen molar-refractivity contribution in [3.63, 3.8) is 0 Å². The zero-order valence-electron chi connectivity index (χ0n) is 19.0. The number of thiazole rings is 1. The van der Waals surface area contributed by atoms with Crippen LogP contribution in [0.4, 0.5) is 5.69 Å². The molecule has 0 saturated carbocycles. The lowest BCUT2D eigenvalue weighted by molar-refractivity contribution is -0.384. The number of esters is 1. The van der Waals surface area contributed by atoms with Gasteiger partial charge in [-0.2, -0.15) is 0 Å². The van der Waals surface area contributed by atoms with E-state index < -0.39 is 22.5 Å². The van der Waals surface area contributed by atoms with Crippen LogP contribution in [-0.2, 0) is 9.53 Å². The summed E-state index contributed by atoms with van der Waals surface area (Å²) >= 11 is 1.05. The van der Waals surface area contributed by atoms with E-state index in [1.807, 2.05) is 0 Å². The number of allylic oxidation sites excluding steroid dienone is 1. The summed E-state index contributed by atoms with van der Waals surface area (Å²) in [7, 11) is 1.54. The van der Waals surface area contributed by atoms with Crippen LogP contribution in [0.25, 0.3) is 6.08 Å². The van der Waals surface area contributed by atoms with Crippen LogP contribution < -0.4 is 19.6 Å². The number of aromatic nitrogens is 1. The average molecular weight is 496 g/mol. The first-order chi connectivity index (χ1) is 16.7. The number of carbonyl (C=O) groups excluding carboxylic acids is 1. The maximum Gasteiger partial charge on any atom is 0.338 e. The number of aromatic hydroxyl groups is 1. The molecular weight excluding hydrogens is 474 g/mol. The van der Waals surface area contributed by atoms with Gasteiger partial charge in [0.2, 0.25) is 0 Å². The number of fused-ring (bicyclic) bond motifs is 1. The smallest absolute Gasteiger partial charge is 0.338 e. The minimum absolute atomic E-state index is 0.117. The molecule has 0 aliphatic carbocycles. The molecule has 0 bridgehead atoms. The second kappa shape index (κ2) is 9.55. The van der Waals surface area contributed by atoms with E-state index in [0.29, 0.717) is 21.8 Å². The summed E-state index contributed by atoms with van der Waals surface area (Å²) in [5.41, 5.74) is 0.721. The lowest BCUT2D eigenvalue weighted by Gasteiger charge is -2.24. The van der Waals surface area contributed by atoms with Gasteiger partial charge in [0.1, 0.15) is 11.5 Å². The summed E-state index contributed by atoms with van der Waals surface area (Å²) in [5.74, 6) is -0.183. The maximum absolute atomic E-state index is 13.6. The third-order valence-corrected chi connectivity index (χ3v) is 6.44. The highest BCUT2D eigenvalue weighted by atomic mass is 32.1. The van der Waals surface area contributed by atoms with Crippen LogP contribution in [0, 0.1) is 10.1 Å². The minimum atomic E-state index is -0.808. The molecule has 10 nitrogen and oxygen atoms in total. The maximum atomic E-state index is 13.6. The van der Waals surface area contributed by atoms with E-state index in [2.05, 4.69) is 4.99 Å². The number of methoxy groups -OCH3 is 1. The van der Waals surface area contributed by atoms with Gasteiger partial charge in [0.25, 0.3) is 11.2 Å². The summed E-state index contributed by atoms with van der Waals surface area (Å²) in [4.78, 5) is 41.8. The predicted octanol–water partition coefficient (Wildman–Crippen LogP) is 2.42. The molecule has 0 fully saturated rings. The van der Waals surface area contributed by atoms with Crippen molar-refractivity contribution >= 4 is 29.1 Å². The molecule has 2 heterocycles. The van der Waals surface area contributed by atoms with E-state index in [1.54, 1.807) is 38.1 Å². The number of nitro groups is 1. The SMILES string of the molecule is CCOC(=O)C1=C(C)N=c2s/c(=C\c3cc([N+](=O)[O-])ccc3O)c(=O)n2[C@@H]1c1ccc(OC)cc1. The summed E-state index contributed by atoms with van der Waals surface area (Å²) in [6, 6.07) is 9.71. The minimum Gasteiger partial charge on any atom is -0.507 e. The Morgan fingerprint density at radius 2 is 2.00 bits per heavy atom. The van der Waals surface area contributed by atoms with Crippen LogP contribution >= 0.6 is 11.3 Å². The number of hydrogen-bond donors (Lipinski definition) is 1. The number of carbonyl (C=O) groups is 1. The van der Waals surface area contributed by atoms with Gasteiger partial charge in [0.05, 0.1) is 40.5 Å². The van der Waals surface area contributed by atoms with Crippen molar-refractivity contribution < 1.29 is 24.3 Å². The molecule has 1 atom stereocenters. The van der Waals surface area contributed by atoms with Crippen LogP contribution in [0.5, 0.6) is 11.5 Å². The standard InChI is InChI=1S/C24H21N3O7S/c1-4-34-23(30)20-13(2)25-24-26(21(20)14-5-8-17(33-3)9-6-14)22(29)19(35-24)12-15-11-16(27(31)32)7-10-18(15)28/h5-12,21,28H,4H2,1-3H3/b19-12-/t21-/m1/s1. The largest absolute Gasteiger partial charge is 0.507 e. The number of non-ortho nitro benzene ring substituents is 1. The fourth-order valence-corrected chi connectivity index (χ4v) is 4.84. The van der Waals surface area contributed by atoms with E-state index in [-0.39, 0.29) is 33.7 Å². The molecule has 3 aromatic rings. The normalized spacial score (nSPS) is 15.4. The number of benzene rings is 2. The van der Waals surface area contributed by atoms with Crippen molar-refractivity contribution in [2.24, 2.45) is 4.99 Å². The van der Waals surface area contributed by atoms with Crippen molar-refractivity contribution in [3.05, 3.63) is 94.7 Å². The Labute approximate surface area is 202 Å². The van der Waals surface area contributed by atoms with Gasteiger partial charge in [0.15, 0.2) is 4.80 Å². The number of nitro benzene ring substituents is 1. The molecule has 0 spiro atoms. The van der Waals surface area contributed by atoms with Gasteiger partial charge in [-0.1, -0.05) is 23.5 Å². The molecule has 0 saturated heterocycles. The Kier molecular flexibility index (Phi) is 6.52. The number of rotatable bonds is 6. The van der Waals surface area contributed by atoms with Crippen molar-refractivity contribution in [3.8, 4) is 11.5 Å². The molecule has 11 heteroatoms. The monoisotopic (exact) mass is 495 g/mol. The van der Waals surface area contributed by atoms with Gasteiger partial charge in [-0.15, -0.1) is 0 Å². The lowest BCUT2D eigenvalue weighted by atomic mass is 9.96. The van der Waals surface area contributed by atoms with Gasteiger partial charge >= 0.3 is 5.97 Å². The Morgan fingerprint density at radius 1 is 1.29 bits per heavy atom. The highest BCUT2D eigenvalue weighted by Crippen LogP contribution is 2.31. The molecule has 1 aromatic heterocycles. The van der Waals surface area contributed by atoms with Gasteiger partial charge < -0.3 is 14.6 Å². The van der Waals surface area contributed by atoms with Crippen molar-refractivity contribution in [1.82, 2.24) is 4.57 Å². The number of phenolic OH excluding ortho intramolecular Hbond substituents is 1. The molecule has 0 amide bonds. The molecular formula is C24H21N3O7S. The molecule has 0 unspecified atom stereocenters. The molecule has 1 aliphatic rings. The Morgan fingerprint density at radius 3 is 2.63 bits per heavy atom. The number of hydrogen-bond acceptors (Lipinski definition) is 9. The number of phenols is 1. The second-order valence-corrected chi connectivity index (χ2v) is 8.58. The van der Waals surface area contributed by atoms with Crippen molar-refractivity contribution in [1.29, 1.82) is 0 Å². The third-order valence-electron chi connectivity index (χ3n) is 5.46. The summed E-state index contributed by atoms with van der Waals surface area (Å²) in [6.07, 6.45) is 1.38. The molecule has 180 valence electrons. The van der Waals surface area contributed by atoms with Crippen molar-refractivity contribution in [2.75, 3.05) is 13.7 Å². The quantitative estimate of drug-likeness (QED) is 0.315. The van der Waals surface area contributed by atoms with Crippen LogP contribution in [0.15, 0.2) is 63.5 Å². The summed E-state index contributed by atoms with van der Waals surface area (Å²) in [5, 5.41) is 21.4. The first kappa shape index (κ1) is 23.9. The zero-order valence-corrected chi connectivity index (χ0v) is 19.9. The molecule has 2 aromatic carbocycles. The highest BCUT2D eigenvalue weighted by Gasteiger charge is 2.33.